The van der Waals surface area contributed by atoms with E-state index in [1.807, 2.05) is 19.2 Å². The number of nitrogens with zero attached hydrogens (tertiary/aromatic N) is 5. The standard InChI is InChI=1S/C23H29F3N6/c1-4-14(5-2)21-20(22-28-30-31-29-22)19(18-9-7-6-8-12-32(18)3)16-13-15(23(24,25)26)10-11-17(16)27-21/h6-7,9,14-15H,4-5,8,10-13H2,1-3H3,(H,28,29,30,31). The van der Waals surface area contributed by atoms with Crippen molar-refractivity contribution in [2.24, 2.45) is 5.92 Å². The van der Waals surface area contributed by atoms with Crippen LogP contribution in [0.15, 0.2) is 18.2 Å². The molecule has 0 aromatic carbocycles. The van der Waals surface area contributed by atoms with Gasteiger partial charge in [0.15, 0.2) is 0 Å². The van der Waals surface area contributed by atoms with E-state index < -0.39 is 12.1 Å². The second-order valence-corrected chi connectivity index (χ2v) is 8.59. The van der Waals surface area contributed by atoms with Crippen LogP contribution >= 0.6 is 0 Å². The van der Waals surface area contributed by atoms with Crippen molar-refractivity contribution in [2.75, 3.05) is 13.6 Å². The van der Waals surface area contributed by atoms with Gasteiger partial charge in [0, 0.05) is 36.5 Å². The number of pyridine rings is 1. The van der Waals surface area contributed by atoms with Gasteiger partial charge in [-0.05, 0) is 55.4 Å². The number of aryl methyl sites for hydroxylation is 1. The van der Waals surface area contributed by atoms with Crippen LogP contribution in [0.2, 0.25) is 0 Å². The third-order valence-corrected chi connectivity index (χ3v) is 6.68. The molecule has 1 aliphatic heterocycles. The van der Waals surface area contributed by atoms with Gasteiger partial charge in [-0.15, -0.1) is 10.2 Å². The molecule has 9 heteroatoms. The third kappa shape index (κ3) is 4.17. The Morgan fingerprint density at radius 3 is 2.66 bits per heavy atom. The zero-order chi connectivity index (χ0) is 22.9. The van der Waals surface area contributed by atoms with E-state index >= 15 is 0 Å². The number of nitrogens with one attached hydrogen (secondary N) is 1. The molecule has 0 bridgehead atoms. The van der Waals surface area contributed by atoms with E-state index in [1.165, 1.54) is 0 Å². The van der Waals surface area contributed by atoms with E-state index in [2.05, 4.69) is 45.4 Å². The highest BCUT2D eigenvalue weighted by Gasteiger charge is 2.43. The average Bonchev–Trinajstić information content (AvgIpc) is 3.21. The summed E-state index contributed by atoms with van der Waals surface area (Å²) in [5, 5.41) is 14.8. The van der Waals surface area contributed by atoms with Gasteiger partial charge in [0.1, 0.15) is 0 Å². The van der Waals surface area contributed by atoms with Crippen LogP contribution in [-0.4, -0.2) is 50.3 Å². The normalized spacial score (nSPS) is 19.2. The Kier molecular flexibility index (Phi) is 6.35. The lowest BCUT2D eigenvalue weighted by molar-refractivity contribution is -0.177. The van der Waals surface area contributed by atoms with E-state index in [4.69, 9.17) is 4.98 Å². The summed E-state index contributed by atoms with van der Waals surface area (Å²) in [6.45, 7) is 4.98. The monoisotopic (exact) mass is 446 g/mol. The Labute approximate surface area is 186 Å². The summed E-state index contributed by atoms with van der Waals surface area (Å²) in [6, 6.07) is 0. The number of halogens is 3. The lowest BCUT2D eigenvalue weighted by Gasteiger charge is -2.33. The van der Waals surface area contributed by atoms with Crippen LogP contribution in [0.4, 0.5) is 13.2 Å². The number of aromatic amines is 1. The van der Waals surface area contributed by atoms with Crippen LogP contribution in [0, 0.1) is 5.92 Å². The highest BCUT2D eigenvalue weighted by molar-refractivity contribution is 5.83. The Bertz CT molecular complexity index is 1010. The van der Waals surface area contributed by atoms with Crippen molar-refractivity contribution >= 4 is 5.70 Å². The van der Waals surface area contributed by atoms with Crippen LogP contribution in [0.1, 0.15) is 68.0 Å². The summed E-state index contributed by atoms with van der Waals surface area (Å²) in [6.07, 6.45) is 4.72. The largest absolute Gasteiger partial charge is 0.392 e. The molecule has 0 spiro atoms. The van der Waals surface area contributed by atoms with E-state index in [9.17, 15) is 13.2 Å². The number of fused-ring (bicyclic) bond motifs is 1. The first kappa shape index (κ1) is 22.5. The lowest BCUT2D eigenvalue weighted by atomic mass is 9.79. The molecule has 6 nitrogen and oxygen atoms in total. The second kappa shape index (κ2) is 9.03. The number of H-pyrrole nitrogens is 1. The summed E-state index contributed by atoms with van der Waals surface area (Å²) >= 11 is 0. The number of hydrogen-bond acceptors (Lipinski definition) is 5. The van der Waals surface area contributed by atoms with Gasteiger partial charge in [-0.1, -0.05) is 26.0 Å². The molecule has 1 N–H and O–H groups in total. The molecule has 1 aliphatic carbocycles. The molecule has 172 valence electrons. The van der Waals surface area contributed by atoms with Gasteiger partial charge in [-0.2, -0.15) is 18.4 Å². The maximum atomic E-state index is 13.7. The fourth-order valence-corrected chi connectivity index (χ4v) is 4.85. The van der Waals surface area contributed by atoms with Gasteiger partial charge in [-0.25, -0.2) is 0 Å². The highest BCUT2D eigenvalue weighted by Crippen LogP contribution is 2.45. The summed E-state index contributed by atoms with van der Waals surface area (Å²) in [5.41, 5.74) is 4.67. The summed E-state index contributed by atoms with van der Waals surface area (Å²) in [4.78, 5) is 7.08. The zero-order valence-electron chi connectivity index (χ0n) is 18.7. The first-order valence-corrected chi connectivity index (χ1v) is 11.3. The Balaban J connectivity index is 2.04. The molecule has 2 aromatic heterocycles. The molecule has 1 unspecified atom stereocenters. The molecular weight excluding hydrogens is 417 g/mol. The maximum Gasteiger partial charge on any atom is 0.392 e. The molecule has 0 radical (unpaired) electrons. The van der Waals surface area contributed by atoms with Gasteiger partial charge in [0.05, 0.1) is 17.2 Å². The number of hydrogen-bond donors (Lipinski definition) is 1. The minimum Gasteiger partial charge on any atom is -0.374 e. The number of tetrazole rings is 1. The predicted octanol–water partition coefficient (Wildman–Crippen LogP) is 5.07. The minimum absolute atomic E-state index is 0.0711. The van der Waals surface area contributed by atoms with Crippen LogP contribution in [-0.2, 0) is 12.8 Å². The average molecular weight is 447 g/mol. The van der Waals surface area contributed by atoms with Crippen molar-refractivity contribution in [3.8, 4) is 11.4 Å². The molecule has 0 saturated carbocycles. The maximum absolute atomic E-state index is 13.7. The van der Waals surface area contributed by atoms with Crippen molar-refractivity contribution in [1.82, 2.24) is 30.5 Å². The van der Waals surface area contributed by atoms with Crippen molar-refractivity contribution in [3.05, 3.63) is 40.7 Å². The van der Waals surface area contributed by atoms with Gasteiger partial charge in [0.25, 0.3) is 0 Å². The Morgan fingerprint density at radius 2 is 2.00 bits per heavy atom. The topological polar surface area (TPSA) is 70.6 Å². The van der Waals surface area contributed by atoms with E-state index in [-0.39, 0.29) is 18.8 Å². The van der Waals surface area contributed by atoms with E-state index in [0.29, 0.717) is 23.4 Å². The third-order valence-electron chi connectivity index (χ3n) is 6.68. The molecule has 32 heavy (non-hydrogen) atoms. The quantitative estimate of drug-likeness (QED) is 0.695. The lowest BCUT2D eigenvalue weighted by Crippen LogP contribution is -2.31. The van der Waals surface area contributed by atoms with Gasteiger partial charge in [-0.3, -0.25) is 4.98 Å². The SMILES string of the molecule is CCC(CC)c1nc2c(c(C3=CC=CCCN3C)c1-c1nn[nH]n1)CC(C(F)(F)F)CC2. The Morgan fingerprint density at radius 1 is 1.22 bits per heavy atom. The fourth-order valence-electron chi connectivity index (χ4n) is 4.85. The summed E-state index contributed by atoms with van der Waals surface area (Å²) < 4.78 is 41.2. The number of aromatic nitrogens is 5. The highest BCUT2D eigenvalue weighted by atomic mass is 19.4. The van der Waals surface area contributed by atoms with Gasteiger partial charge < -0.3 is 4.90 Å². The van der Waals surface area contributed by atoms with Crippen LogP contribution in [0.25, 0.3) is 17.1 Å². The second-order valence-electron chi connectivity index (χ2n) is 8.59. The molecule has 4 rings (SSSR count). The van der Waals surface area contributed by atoms with E-state index in [1.54, 1.807) is 0 Å². The summed E-state index contributed by atoms with van der Waals surface area (Å²) in [7, 11) is 1.98. The number of rotatable bonds is 5. The molecule has 0 fully saturated rings. The number of allylic oxidation sites excluding steroid dienone is 2. The molecule has 3 heterocycles. The van der Waals surface area contributed by atoms with Crippen LogP contribution in [0.5, 0.6) is 0 Å². The first-order chi connectivity index (χ1) is 15.3. The predicted molar refractivity (Wildman–Crippen MR) is 117 cm³/mol. The van der Waals surface area contributed by atoms with Crippen molar-refractivity contribution < 1.29 is 13.2 Å². The van der Waals surface area contributed by atoms with Crippen LogP contribution in [0.3, 0.4) is 0 Å². The fraction of sp³-hybridized carbons (Fsp3) is 0.565. The van der Waals surface area contributed by atoms with Crippen LogP contribution < -0.4 is 0 Å². The van der Waals surface area contributed by atoms with Gasteiger partial charge in [0.2, 0.25) is 5.82 Å². The summed E-state index contributed by atoms with van der Waals surface area (Å²) in [5.74, 6) is -0.839. The molecule has 1 atom stereocenters. The molecule has 2 aromatic rings. The van der Waals surface area contributed by atoms with Crippen molar-refractivity contribution in [3.63, 3.8) is 0 Å². The van der Waals surface area contributed by atoms with Gasteiger partial charge >= 0.3 is 6.18 Å². The minimum atomic E-state index is -4.24. The van der Waals surface area contributed by atoms with Crippen molar-refractivity contribution in [1.29, 1.82) is 0 Å². The molecule has 0 amide bonds. The Hall–Kier alpha value is -2.71. The van der Waals surface area contributed by atoms with Crippen molar-refractivity contribution in [2.45, 2.75) is 64.5 Å². The first-order valence-electron chi connectivity index (χ1n) is 11.3. The molecule has 0 saturated heterocycles. The smallest absolute Gasteiger partial charge is 0.374 e. The zero-order valence-corrected chi connectivity index (χ0v) is 18.7. The van der Waals surface area contributed by atoms with E-state index in [0.717, 1.165) is 48.5 Å². The number of alkyl halides is 3. The molecule has 2 aliphatic rings. The molecular formula is C23H29F3N6.